The molecule has 1 aromatic rings. The minimum Gasteiger partial charge on any atom is -0.493 e. The van der Waals surface area contributed by atoms with Crippen LogP contribution in [0.5, 0.6) is 5.75 Å². The molecular formula is C20H25FO3. The van der Waals surface area contributed by atoms with Crippen LogP contribution in [-0.2, 0) is 6.42 Å². The van der Waals surface area contributed by atoms with E-state index in [0.29, 0.717) is 18.8 Å². The topological polar surface area (TPSA) is 46.5 Å². The number of aryl methyl sites for hydroxylation is 1. The smallest absolute Gasteiger partial charge is 0.338 e. The Bertz CT molecular complexity index is 632. The Balaban J connectivity index is 1.54. The van der Waals surface area contributed by atoms with E-state index in [1.54, 1.807) is 0 Å². The van der Waals surface area contributed by atoms with Crippen molar-refractivity contribution in [2.24, 2.45) is 23.2 Å². The average molecular weight is 332 g/mol. The average Bonchev–Trinajstić information content (AvgIpc) is 2.51. The highest BCUT2D eigenvalue weighted by Gasteiger charge is 2.51. The molecule has 0 aliphatic heterocycles. The number of aromatic carboxylic acids is 1. The van der Waals surface area contributed by atoms with Gasteiger partial charge in [-0.2, -0.15) is 0 Å². The van der Waals surface area contributed by atoms with Gasteiger partial charge in [0.25, 0.3) is 0 Å². The van der Waals surface area contributed by atoms with Crippen LogP contribution in [-0.4, -0.2) is 17.7 Å². The van der Waals surface area contributed by atoms with E-state index in [4.69, 9.17) is 9.84 Å². The highest BCUT2D eigenvalue weighted by molar-refractivity contribution is 5.88. The maximum atomic E-state index is 14.0. The van der Waals surface area contributed by atoms with E-state index in [2.05, 4.69) is 0 Å². The second-order valence-electron chi connectivity index (χ2n) is 8.30. The molecule has 5 rings (SSSR count). The fourth-order valence-corrected chi connectivity index (χ4v) is 5.87. The second-order valence-corrected chi connectivity index (χ2v) is 8.30. The van der Waals surface area contributed by atoms with Crippen molar-refractivity contribution in [1.82, 2.24) is 0 Å². The third-order valence-corrected chi connectivity index (χ3v) is 6.46. The first kappa shape index (κ1) is 15.9. The number of carboxylic acid groups (broad SMARTS) is 1. The molecule has 0 radical (unpaired) electrons. The Hall–Kier alpha value is -1.58. The van der Waals surface area contributed by atoms with Crippen molar-refractivity contribution in [2.45, 2.75) is 51.9 Å². The quantitative estimate of drug-likeness (QED) is 0.851. The van der Waals surface area contributed by atoms with Crippen LogP contribution < -0.4 is 4.74 Å². The van der Waals surface area contributed by atoms with E-state index < -0.39 is 11.8 Å². The molecule has 3 nitrogen and oxygen atoms in total. The molecule has 1 N–H and O–H groups in total. The van der Waals surface area contributed by atoms with Crippen LogP contribution in [0.3, 0.4) is 0 Å². The lowest BCUT2D eigenvalue weighted by Gasteiger charge is -2.56. The predicted molar refractivity (Wildman–Crippen MR) is 88.8 cm³/mol. The van der Waals surface area contributed by atoms with Crippen LogP contribution in [0.15, 0.2) is 12.1 Å². The van der Waals surface area contributed by atoms with E-state index >= 15 is 0 Å². The Morgan fingerprint density at radius 3 is 2.29 bits per heavy atom. The Morgan fingerprint density at radius 2 is 1.79 bits per heavy atom. The van der Waals surface area contributed by atoms with E-state index in [-0.39, 0.29) is 11.0 Å². The lowest BCUT2D eigenvalue weighted by molar-refractivity contribution is -0.0746. The zero-order valence-corrected chi connectivity index (χ0v) is 14.2. The number of hydrogen-bond acceptors (Lipinski definition) is 2. The zero-order valence-electron chi connectivity index (χ0n) is 14.2. The van der Waals surface area contributed by atoms with Gasteiger partial charge in [-0.3, -0.25) is 0 Å². The molecule has 0 spiro atoms. The first-order valence-electron chi connectivity index (χ1n) is 9.16. The van der Waals surface area contributed by atoms with Crippen molar-refractivity contribution < 1.29 is 19.0 Å². The second kappa shape index (κ2) is 5.75. The Labute approximate surface area is 142 Å². The summed E-state index contributed by atoms with van der Waals surface area (Å²) in [5.74, 6) is 1.16. The standard InChI is InChI=1S/C20H25FO3/c1-2-15-6-16(19(22)23)17(21)7-18(15)24-11-20-8-12-3-13(9-20)5-14(4-12)10-20/h6-7,12-14H,2-5,8-11H2,1H3,(H,22,23). The lowest BCUT2D eigenvalue weighted by Crippen LogP contribution is -2.48. The number of ether oxygens (including phenoxy) is 1. The van der Waals surface area contributed by atoms with Gasteiger partial charge in [0.1, 0.15) is 11.6 Å². The number of benzene rings is 1. The highest BCUT2D eigenvalue weighted by Crippen LogP contribution is 2.60. The Morgan fingerprint density at radius 1 is 1.21 bits per heavy atom. The van der Waals surface area contributed by atoms with Gasteiger partial charge in [-0.25, -0.2) is 9.18 Å². The number of hydrogen-bond donors (Lipinski definition) is 1. The summed E-state index contributed by atoms with van der Waals surface area (Å²) in [6.07, 6.45) is 8.55. The van der Waals surface area contributed by atoms with Crippen LogP contribution in [0, 0.1) is 29.0 Å². The molecule has 0 saturated heterocycles. The van der Waals surface area contributed by atoms with E-state index in [1.165, 1.54) is 50.7 Å². The van der Waals surface area contributed by atoms with Crippen molar-refractivity contribution >= 4 is 5.97 Å². The molecule has 4 saturated carbocycles. The molecule has 1 aromatic carbocycles. The zero-order chi connectivity index (χ0) is 16.9. The van der Waals surface area contributed by atoms with Crippen molar-refractivity contribution in [3.8, 4) is 5.75 Å². The molecule has 4 fully saturated rings. The number of halogens is 1. The molecule has 0 unspecified atom stereocenters. The van der Waals surface area contributed by atoms with E-state index in [9.17, 15) is 9.18 Å². The van der Waals surface area contributed by atoms with Crippen molar-refractivity contribution in [3.05, 3.63) is 29.1 Å². The number of carbonyl (C=O) groups is 1. The molecule has 4 bridgehead atoms. The van der Waals surface area contributed by atoms with Gasteiger partial charge in [0.05, 0.1) is 12.2 Å². The summed E-state index contributed by atoms with van der Waals surface area (Å²) < 4.78 is 20.1. The van der Waals surface area contributed by atoms with Gasteiger partial charge >= 0.3 is 5.97 Å². The molecule has 4 heteroatoms. The summed E-state index contributed by atoms with van der Waals surface area (Å²) >= 11 is 0. The lowest BCUT2D eigenvalue weighted by atomic mass is 9.50. The third-order valence-electron chi connectivity index (χ3n) is 6.46. The fraction of sp³-hybridized carbons (Fsp3) is 0.650. The number of carboxylic acids is 1. The van der Waals surface area contributed by atoms with Crippen molar-refractivity contribution in [3.63, 3.8) is 0 Å². The molecule has 0 amide bonds. The van der Waals surface area contributed by atoms with E-state index in [1.807, 2.05) is 6.92 Å². The van der Waals surface area contributed by atoms with Crippen LogP contribution >= 0.6 is 0 Å². The highest BCUT2D eigenvalue weighted by atomic mass is 19.1. The minimum absolute atomic E-state index is 0.266. The largest absolute Gasteiger partial charge is 0.493 e. The van der Waals surface area contributed by atoms with Gasteiger partial charge in [-0.15, -0.1) is 0 Å². The summed E-state index contributed by atoms with van der Waals surface area (Å²) in [7, 11) is 0. The minimum atomic E-state index is -1.23. The molecule has 0 heterocycles. The Kier molecular flexibility index (Phi) is 3.81. The summed E-state index contributed by atoms with van der Waals surface area (Å²) in [5.41, 5.74) is 0.773. The summed E-state index contributed by atoms with van der Waals surface area (Å²) in [4.78, 5) is 11.1. The SMILES string of the molecule is CCc1cc(C(=O)O)c(F)cc1OCC12CC3CC(CC(C3)C1)C2. The molecule has 4 aliphatic carbocycles. The van der Waals surface area contributed by atoms with E-state index in [0.717, 1.165) is 23.3 Å². The van der Waals surface area contributed by atoms with Gasteiger partial charge in [-0.05, 0) is 74.3 Å². The third kappa shape index (κ3) is 2.70. The van der Waals surface area contributed by atoms with Gasteiger partial charge in [0, 0.05) is 11.5 Å². The molecule has 0 aromatic heterocycles. The van der Waals surface area contributed by atoms with Gasteiger partial charge in [0.15, 0.2) is 0 Å². The number of rotatable bonds is 5. The molecule has 0 atom stereocenters. The normalized spacial score (nSPS) is 33.7. The van der Waals surface area contributed by atoms with Crippen LogP contribution in [0.4, 0.5) is 4.39 Å². The maximum absolute atomic E-state index is 14.0. The molecule has 24 heavy (non-hydrogen) atoms. The van der Waals surface area contributed by atoms with Gasteiger partial charge < -0.3 is 9.84 Å². The van der Waals surface area contributed by atoms with Gasteiger partial charge in [-0.1, -0.05) is 6.92 Å². The van der Waals surface area contributed by atoms with Crippen molar-refractivity contribution in [1.29, 1.82) is 0 Å². The van der Waals surface area contributed by atoms with Gasteiger partial charge in [0.2, 0.25) is 0 Å². The molecule has 130 valence electrons. The first-order chi connectivity index (χ1) is 11.5. The first-order valence-corrected chi connectivity index (χ1v) is 9.16. The van der Waals surface area contributed by atoms with Crippen molar-refractivity contribution in [2.75, 3.05) is 6.61 Å². The monoisotopic (exact) mass is 332 g/mol. The summed E-state index contributed by atoms with van der Waals surface area (Å²) in [5, 5.41) is 9.08. The maximum Gasteiger partial charge on any atom is 0.338 e. The molecular weight excluding hydrogens is 307 g/mol. The summed E-state index contributed by atoms with van der Waals surface area (Å²) in [6.45, 7) is 2.59. The van der Waals surface area contributed by atoms with Crippen LogP contribution in [0.25, 0.3) is 0 Å². The van der Waals surface area contributed by atoms with Crippen LogP contribution in [0.1, 0.15) is 61.4 Å². The predicted octanol–water partition coefficient (Wildman–Crippen LogP) is 4.68. The summed E-state index contributed by atoms with van der Waals surface area (Å²) in [6, 6.07) is 2.69. The molecule has 4 aliphatic rings. The fourth-order valence-electron chi connectivity index (χ4n) is 5.87. The van der Waals surface area contributed by atoms with Crippen LogP contribution in [0.2, 0.25) is 0 Å².